The lowest BCUT2D eigenvalue weighted by atomic mass is 9.73. The van der Waals surface area contributed by atoms with Crippen molar-refractivity contribution in [3.8, 4) is 11.8 Å². The summed E-state index contributed by atoms with van der Waals surface area (Å²) in [5.41, 5.74) is 6.89. The van der Waals surface area contributed by atoms with Gasteiger partial charge in [-0.05, 0) is 30.9 Å². The Morgan fingerprint density at radius 1 is 1.17 bits per heavy atom. The molecule has 0 spiro atoms. The molecule has 1 aromatic heterocycles. The molecule has 2 heterocycles. The molecule has 0 amide bonds. The van der Waals surface area contributed by atoms with Gasteiger partial charge in [0, 0.05) is 5.92 Å². The summed E-state index contributed by atoms with van der Waals surface area (Å²) >= 11 is 0. The Kier molecular flexibility index (Phi) is 3.53. The number of hydrogen-bond donors (Lipinski definition) is 1. The topological polar surface area (TPSA) is 89.3 Å². The number of hydrogen-bond acceptors (Lipinski definition) is 5. The van der Waals surface area contributed by atoms with E-state index in [0.717, 1.165) is 25.7 Å². The van der Waals surface area contributed by atoms with Crippen LogP contribution < -0.4 is 16.1 Å². The van der Waals surface area contributed by atoms with Crippen molar-refractivity contribution in [2.24, 2.45) is 11.7 Å². The van der Waals surface area contributed by atoms with Gasteiger partial charge < -0.3 is 14.9 Å². The molecule has 122 valence electrons. The summed E-state index contributed by atoms with van der Waals surface area (Å²) in [4.78, 5) is 12.7. The van der Waals surface area contributed by atoms with Crippen LogP contribution in [0.1, 0.15) is 43.6 Å². The average molecular weight is 322 g/mol. The highest BCUT2D eigenvalue weighted by atomic mass is 16.5. The molecule has 24 heavy (non-hydrogen) atoms. The summed E-state index contributed by atoms with van der Waals surface area (Å²) in [7, 11) is 0. The Labute approximate surface area is 139 Å². The highest BCUT2D eigenvalue weighted by Crippen LogP contribution is 2.47. The van der Waals surface area contributed by atoms with Crippen LogP contribution in [0.25, 0.3) is 11.0 Å². The van der Waals surface area contributed by atoms with E-state index in [4.69, 9.17) is 14.9 Å². The standard InChI is InChI=1S/C19H18N2O3/c20-10-13-15(11-6-2-1-3-7-11)16-17(24-18(13)21)12-8-4-5-9-14(12)23-19(16)22/h4-5,8-9,11,15H,1-3,6-7,21H2/t15-/m0/s1. The molecule has 1 aliphatic carbocycles. The van der Waals surface area contributed by atoms with Gasteiger partial charge in [0.05, 0.1) is 16.5 Å². The van der Waals surface area contributed by atoms with E-state index in [2.05, 4.69) is 6.07 Å². The van der Waals surface area contributed by atoms with Gasteiger partial charge in [0.25, 0.3) is 0 Å². The molecule has 0 radical (unpaired) electrons. The second kappa shape index (κ2) is 5.72. The van der Waals surface area contributed by atoms with E-state index in [9.17, 15) is 10.1 Å². The number of nitrogens with zero attached hydrogens (tertiary/aromatic N) is 1. The minimum atomic E-state index is -0.431. The molecule has 4 rings (SSSR count). The van der Waals surface area contributed by atoms with Crippen LogP contribution in [0.15, 0.2) is 44.9 Å². The van der Waals surface area contributed by atoms with Crippen LogP contribution in [-0.2, 0) is 0 Å². The summed E-state index contributed by atoms with van der Waals surface area (Å²) in [6, 6.07) is 9.41. The van der Waals surface area contributed by atoms with Crippen LogP contribution in [-0.4, -0.2) is 0 Å². The van der Waals surface area contributed by atoms with E-state index in [-0.39, 0.29) is 17.7 Å². The zero-order valence-electron chi connectivity index (χ0n) is 13.2. The molecule has 1 fully saturated rings. The van der Waals surface area contributed by atoms with E-state index >= 15 is 0 Å². The molecule has 5 nitrogen and oxygen atoms in total. The largest absolute Gasteiger partial charge is 0.439 e. The summed E-state index contributed by atoms with van der Waals surface area (Å²) in [6.07, 6.45) is 5.37. The van der Waals surface area contributed by atoms with Crippen molar-refractivity contribution in [3.05, 3.63) is 51.7 Å². The molecule has 0 saturated heterocycles. The van der Waals surface area contributed by atoms with Crippen molar-refractivity contribution < 1.29 is 9.15 Å². The van der Waals surface area contributed by atoms with Crippen molar-refractivity contribution >= 4 is 11.0 Å². The zero-order valence-corrected chi connectivity index (χ0v) is 13.2. The van der Waals surface area contributed by atoms with E-state index in [0.29, 0.717) is 27.9 Å². The third-order valence-electron chi connectivity index (χ3n) is 5.14. The van der Waals surface area contributed by atoms with Crippen molar-refractivity contribution in [1.82, 2.24) is 0 Å². The number of allylic oxidation sites excluding steroid dienone is 1. The maximum absolute atomic E-state index is 12.7. The van der Waals surface area contributed by atoms with Gasteiger partial charge >= 0.3 is 5.63 Å². The number of fused-ring (bicyclic) bond motifs is 3. The lowest BCUT2D eigenvalue weighted by Gasteiger charge is -2.33. The van der Waals surface area contributed by atoms with Crippen molar-refractivity contribution in [2.75, 3.05) is 0 Å². The number of para-hydroxylation sites is 1. The molecule has 5 heteroatoms. The Balaban J connectivity index is 1.98. The second-order valence-electron chi connectivity index (χ2n) is 6.50. The fourth-order valence-electron chi connectivity index (χ4n) is 4.04. The van der Waals surface area contributed by atoms with Crippen molar-refractivity contribution in [2.45, 2.75) is 38.0 Å². The first kappa shape index (κ1) is 14.8. The maximum Gasteiger partial charge on any atom is 0.343 e. The highest BCUT2D eigenvalue weighted by Gasteiger charge is 2.39. The Bertz CT molecular complexity index is 930. The quantitative estimate of drug-likeness (QED) is 0.811. The van der Waals surface area contributed by atoms with Gasteiger partial charge in [-0.1, -0.05) is 31.4 Å². The first-order valence-corrected chi connectivity index (χ1v) is 8.34. The smallest absolute Gasteiger partial charge is 0.343 e. The molecule has 0 unspecified atom stereocenters. The molecular formula is C19H18N2O3. The molecule has 2 aliphatic rings. The Morgan fingerprint density at radius 2 is 1.92 bits per heavy atom. The van der Waals surface area contributed by atoms with E-state index in [1.54, 1.807) is 12.1 Å². The fraction of sp³-hybridized carbons (Fsp3) is 0.368. The van der Waals surface area contributed by atoms with Gasteiger partial charge in [-0.15, -0.1) is 0 Å². The van der Waals surface area contributed by atoms with Gasteiger partial charge in [0.15, 0.2) is 5.75 Å². The average Bonchev–Trinajstić information content (AvgIpc) is 2.61. The number of ether oxygens (including phenoxy) is 1. The lowest BCUT2D eigenvalue weighted by molar-refractivity contribution is 0.294. The molecule has 1 aliphatic heterocycles. The first-order valence-electron chi connectivity index (χ1n) is 8.34. The minimum Gasteiger partial charge on any atom is -0.439 e. The first-order chi connectivity index (χ1) is 11.7. The van der Waals surface area contributed by atoms with Crippen molar-refractivity contribution in [3.63, 3.8) is 0 Å². The van der Waals surface area contributed by atoms with Gasteiger partial charge in [0.1, 0.15) is 11.7 Å². The number of benzene rings is 1. The van der Waals surface area contributed by atoms with E-state index in [1.807, 2.05) is 12.1 Å². The van der Waals surface area contributed by atoms with E-state index in [1.165, 1.54) is 6.42 Å². The normalized spacial score (nSPS) is 21.2. The minimum absolute atomic E-state index is 0.108. The third-order valence-corrected chi connectivity index (χ3v) is 5.14. The molecule has 1 saturated carbocycles. The summed E-state index contributed by atoms with van der Waals surface area (Å²) < 4.78 is 11.2. The van der Waals surface area contributed by atoms with Gasteiger partial charge in [0.2, 0.25) is 5.88 Å². The van der Waals surface area contributed by atoms with Crippen LogP contribution in [0.4, 0.5) is 0 Å². The van der Waals surface area contributed by atoms with Crippen LogP contribution in [0.5, 0.6) is 5.75 Å². The van der Waals surface area contributed by atoms with Crippen molar-refractivity contribution in [1.29, 1.82) is 5.26 Å². The summed E-state index contributed by atoms with van der Waals surface area (Å²) in [6.45, 7) is 0. The van der Waals surface area contributed by atoms with Crippen LogP contribution in [0.3, 0.4) is 0 Å². The van der Waals surface area contributed by atoms with Crippen LogP contribution in [0.2, 0.25) is 0 Å². The van der Waals surface area contributed by atoms with Gasteiger partial charge in [-0.3, -0.25) is 0 Å². The molecule has 1 aromatic carbocycles. The van der Waals surface area contributed by atoms with E-state index < -0.39 is 5.63 Å². The summed E-state index contributed by atoms with van der Waals surface area (Å²) in [5, 5.41) is 10.3. The molecule has 2 N–H and O–H groups in total. The number of nitrogens with two attached hydrogens (primary N) is 1. The Hall–Kier alpha value is -2.74. The summed E-state index contributed by atoms with van der Waals surface area (Å²) in [5.74, 6) is 0.448. The lowest BCUT2D eigenvalue weighted by Crippen LogP contribution is -2.30. The molecule has 1 atom stereocenters. The SMILES string of the molecule is N#CC1=C(N)Oc2c(c(=O)oc3ccccc23)[C@H]1C1CCCCC1. The number of nitriles is 1. The zero-order chi connectivity index (χ0) is 16.7. The van der Waals surface area contributed by atoms with Crippen LogP contribution >= 0.6 is 0 Å². The second-order valence-corrected chi connectivity index (χ2v) is 6.50. The maximum atomic E-state index is 12.7. The van der Waals surface area contributed by atoms with Crippen LogP contribution in [0, 0.1) is 17.2 Å². The predicted octanol–water partition coefficient (Wildman–Crippen LogP) is 3.54. The van der Waals surface area contributed by atoms with Gasteiger partial charge in [-0.2, -0.15) is 5.26 Å². The highest BCUT2D eigenvalue weighted by molar-refractivity contribution is 5.85. The number of rotatable bonds is 1. The molecule has 2 aromatic rings. The third kappa shape index (κ3) is 2.18. The Morgan fingerprint density at radius 3 is 2.67 bits per heavy atom. The molecule has 0 bridgehead atoms. The molecular weight excluding hydrogens is 304 g/mol. The fourth-order valence-corrected chi connectivity index (χ4v) is 4.04. The van der Waals surface area contributed by atoms with Gasteiger partial charge in [-0.25, -0.2) is 4.79 Å². The predicted molar refractivity (Wildman–Crippen MR) is 89.3 cm³/mol. The monoisotopic (exact) mass is 322 g/mol.